The van der Waals surface area contributed by atoms with Gasteiger partial charge in [-0.15, -0.1) is 13.2 Å². The highest BCUT2D eigenvalue weighted by Crippen LogP contribution is 2.59. The molecule has 2 fully saturated rings. The number of rotatable bonds is 6. The van der Waals surface area contributed by atoms with E-state index in [-0.39, 0.29) is 11.7 Å². The lowest BCUT2D eigenvalue weighted by atomic mass is 9.55. The summed E-state index contributed by atoms with van der Waals surface area (Å²) in [6, 6.07) is 6.69. The van der Waals surface area contributed by atoms with Crippen molar-refractivity contribution in [2.45, 2.75) is 85.4 Å². The SMILES string of the molecule is C=C.CCOC(C)OCC.CCOc1ccc2c(c1)CC[C@@H]1[C@@H]2CC[C@]2(C)C(=O)CC[C@@H]12. The molecule has 0 aromatic heterocycles. The van der Waals surface area contributed by atoms with Gasteiger partial charge in [0.25, 0.3) is 0 Å². The minimum absolute atomic E-state index is 0.00999. The Morgan fingerprint density at radius 3 is 2.34 bits per heavy atom. The van der Waals surface area contributed by atoms with Crippen LogP contribution in [0.5, 0.6) is 5.75 Å². The van der Waals surface area contributed by atoms with Gasteiger partial charge in [-0.25, -0.2) is 0 Å². The Bertz CT molecular complexity index is 724. The molecular formula is C28H44O4. The molecular weight excluding hydrogens is 400 g/mol. The van der Waals surface area contributed by atoms with Crippen molar-refractivity contribution >= 4 is 5.78 Å². The van der Waals surface area contributed by atoms with Crippen LogP contribution in [0.15, 0.2) is 31.4 Å². The summed E-state index contributed by atoms with van der Waals surface area (Å²) < 4.78 is 15.8. The van der Waals surface area contributed by atoms with Crippen LogP contribution in [-0.2, 0) is 20.7 Å². The number of hydrogen-bond donors (Lipinski definition) is 0. The lowest BCUT2D eigenvalue weighted by molar-refractivity contribution is -0.129. The molecule has 1 aromatic carbocycles. The number of carbonyl (C=O) groups excluding carboxylic acids is 1. The molecule has 4 rings (SSSR count). The fourth-order valence-corrected chi connectivity index (χ4v) is 6.10. The topological polar surface area (TPSA) is 44.8 Å². The Hall–Kier alpha value is -1.65. The number of aryl methyl sites for hydroxylation is 1. The van der Waals surface area contributed by atoms with Gasteiger partial charge in [-0.05, 0) is 101 Å². The van der Waals surface area contributed by atoms with Gasteiger partial charge in [-0.2, -0.15) is 0 Å². The standard InChI is InChI=1S/C20H26O2.C6H14O2.C2H4/c1-3-22-14-5-7-15-13(12-14)4-6-17-16(15)10-11-20(2)18(17)8-9-19(20)21;1-4-7-6(3)8-5-2;1-2/h5,7,12,16-18H,3-4,6,8-11H2,1-2H3;6H,4-5H2,1-3H3;1-2H2/t16-,17-,18+,20+;;/m1../s1. The van der Waals surface area contributed by atoms with Crippen molar-refractivity contribution in [2.24, 2.45) is 17.3 Å². The van der Waals surface area contributed by atoms with E-state index in [1.807, 2.05) is 27.7 Å². The summed E-state index contributed by atoms with van der Waals surface area (Å²) in [4.78, 5) is 12.4. The van der Waals surface area contributed by atoms with Crippen LogP contribution < -0.4 is 4.74 Å². The Morgan fingerprint density at radius 1 is 1.03 bits per heavy atom. The van der Waals surface area contributed by atoms with Gasteiger partial charge in [0.15, 0.2) is 6.29 Å². The highest BCUT2D eigenvalue weighted by atomic mass is 16.7. The minimum atomic E-state index is -0.0370. The fraction of sp³-hybridized carbons (Fsp3) is 0.679. The van der Waals surface area contributed by atoms with E-state index in [0.717, 1.165) is 57.2 Å². The molecule has 0 N–H and O–H groups in total. The minimum Gasteiger partial charge on any atom is -0.494 e. The second kappa shape index (κ2) is 12.6. The molecule has 0 saturated heterocycles. The summed E-state index contributed by atoms with van der Waals surface area (Å²) in [5.41, 5.74) is 3.02. The van der Waals surface area contributed by atoms with E-state index in [9.17, 15) is 4.79 Å². The molecule has 4 atom stereocenters. The summed E-state index contributed by atoms with van der Waals surface area (Å²) in [7, 11) is 0. The van der Waals surface area contributed by atoms with Gasteiger partial charge in [-0.3, -0.25) is 4.79 Å². The second-order valence-electron chi connectivity index (χ2n) is 9.11. The molecule has 4 nitrogen and oxygen atoms in total. The first-order valence-electron chi connectivity index (χ1n) is 12.5. The average Bonchev–Trinajstić information content (AvgIpc) is 3.10. The predicted molar refractivity (Wildman–Crippen MR) is 131 cm³/mol. The maximum Gasteiger partial charge on any atom is 0.154 e. The third-order valence-electron chi connectivity index (χ3n) is 7.52. The van der Waals surface area contributed by atoms with Crippen LogP contribution in [0.1, 0.15) is 83.8 Å². The van der Waals surface area contributed by atoms with E-state index in [0.29, 0.717) is 17.6 Å². The summed E-state index contributed by atoms with van der Waals surface area (Å²) in [6.45, 7) is 18.3. The summed E-state index contributed by atoms with van der Waals surface area (Å²) in [5.74, 6) is 3.56. The molecule has 3 aliphatic carbocycles. The fourth-order valence-electron chi connectivity index (χ4n) is 6.10. The van der Waals surface area contributed by atoms with Crippen molar-refractivity contribution in [3.8, 4) is 5.75 Å². The molecule has 32 heavy (non-hydrogen) atoms. The van der Waals surface area contributed by atoms with Crippen LogP contribution in [-0.4, -0.2) is 31.9 Å². The van der Waals surface area contributed by atoms with Gasteiger partial charge >= 0.3 is 0 Å². The molecule has 0 unspecified atom stereocenters. The lowest BCUT2D eigenvalue weighted by Gasteiger charge is -2.48. The highest BCUT2D eigenvalue weighted by molar-refractivity contribution is 5.87. The highest BCUT2D eigenvalue weighted by Gasteiger charge is 2.54. The summed E-state index contributed by atoms with van der Waals surface area (Å²) in [6.07, 6.45) is 6.59. The number of Topliss-reactive ketones (excluding diaryl/α,β-unsaturated/α-hetero) is 1. The first kappa shape index (κ1) is 26.6. The van der Waals surface area contributed by atoms with Crippen molar-refractivity contribution in [3.63, 3.8) is 0 Å². The lowest BCUT2D eigenvalue weighted by Crippen LogP contribution is -2.42. The summed E-state index contributed by atoms with van der Waals surface area (Å²) in [5, 5.41) is 0. The molecule has 0 radical (unpaired) electrons. The van der Waals surface area contributed by atoms with Crippen molar-refractivity contribution < 1.29 is 19.0 Å². The third kappa shape index (κ3) is 5.82. The smallest absolute Gasteiger partial charge is 0.154 e. The predicted octanol–water partition coefficient (Wildman–Crippen LogP) is 6.72. The zero-order valence-electron chi connectivity index (χ0n) is 21.0. The van der Waals surface area contributed by atoms with E-state index in [2.05, 4.69) is 38.3 Å². The van der Waals surface area contributed by atoms with Crippen molar-refractivity contribution in [1.29, 1.82) is 0 Å². The Morgan fingerprint density at radius 2 is 1.72 bits per heavy atom. The third-order valence-corrected chi connectivity index (χ3v) is 7.52. The van der Waals surface area contributed by atoms with Crippen LogP contribution >= 0.6 is 0 Å². The molecule has 180 valence electrons. The van der Waals surface area contributed by atoms with Crippen LogP contribution in [0.25, 0.3) is 0 Å². The monoisotopic (exact) mass is 444 g/mol. The maximum absolute atomic E-state index is 12.4. The summed E-state index contributed by atoms with van der Waals surface area (Å²) >= 11 is 0. The second-order valence-corrected chi connectivity index (χ2v) is 9.11. The molecule has 3 aliphatic rings. The zero-order chi connectivity index (χ0) is 23.7. The van der Waals surface area contributed by atoms with Gasteiger partial charge in [0, 0.05) is 25.0 Å². The van der Waals surface area contributed by atoms with Gasteiger partial charge < -0.3 is 14.2 Å². The number of carbonyl (C=O) groups is 1. The van der Waals surface area contributed by atoms with Crippen molar-refractivity contribution in [1.82, 2.24) is 0 Å². The van der Waals surface area contributed by atoms with E-state index in [1.54, 1.807) is 5.56 Å². The number of ether oxygens (including phenoxy) is 3. The molecule has 0 bridgehead atoms. The largest absolute Gasteiger partial charge is 0.494 e. The van der Waals surface area contributed by atoms with Gasteiger partial charge in [-0.1, -0.05) is 13.0 Å². The van der Waals surface area contributed by atoms with Crippen molar-refractivity contribution in [2.75, 3.05) is 19.8 Å². The van der Waals surface area contributed by atoms with Crippen molar-refractivity contribution in [3.05, 3.63) is 42.5 Å². The molecule has 0 amide bonds. The number of fused-ring (bicyclic) bond motifs is 5. The van der Waals surface area contributed by atoms with Crippen LogP contribution in [0.3, 0.4) is 0 Å². The Labute approximate surface area is 195 Å². The Balaban J connectivity index is 0.000000311. The first-order valence-corrected chi connectivity index (χ1v) is 12.5. The molecule has 4 heteroatoms. The van der Waals surface area contributed by atoms with Gasteiger partial charge in [0.2, 0.25) is 0 Å². The number of hydrogen-bond acceptors (Lipinski definition) is 4. The van der Waals surface area contributed by atoms with E-state index in [4.69, 9.17) is 14.2 Å². The Kier molecular flexibility index (Phi) is 10.4. The number of ketones is 1. The molecule has 2 saturated carbocycles. The van der Waals surface area contributed by atoms with E-state index in [1.165, 1.54) is 18.4 Å². The van der Waals surface area contributed by atoms with E-state index < -0.39 is 0 Å². The molecule has 0 spiro atoms. The van der Waals surface area contributed by atoms with Crippen LogP contribution in [0.4, 0.5) is 0 Å². The van der Waals surface area contributed by atoms with Crippen LogP contribution in [0.2, 0.25) is 0 Å². The van der Waals surface area contributed by atoms with Gasteiger partial charge in [0.05, 0.1) is 6.61 Å². The van der Waals surface area contributed by atoms with Crippen LogP contribution in [0, 0.1) is 17.3 Å². The number of benzene rings is 1. The van der Waals surface area contributed by atoms with Gasteiger partial charge in [0.1, 0.15) is 11.5 Å². The average molecular weight is 445 g/mol. The normalized spacial score (nSPS) is 27.8. The quantitative estimate of drug-likeness (QED) is 0.361. The maximum atomic E-state index is 12.4. The molecule has 1 aromatic rings. The molecule has 0 heterocycles. The first-order chi connectivity index (χ1) is 15.4. The zero-order valence-corrected chi connectivity index (χ0v) is 21.0. The molecule has 0 aliphatic heterocycles. The van der Waals surface area contributed by atoms with E-state index >= 15 is 0 Å².